The summed E-state index contributed by atoms with van der Waals surface area (Å²) in [7, 11) is 1.48. The van der Waals surface area contributed by atoms with Crippen molar-refractivity contribution in [1.82, 2.24) is 19.7 Å². The number of pyridine rings is 1. The van der Waals surface area contributed by atoms with Crippen LogP contribution in [0, 0.1) is 5.82 Å². The molecule has 1 aliphatic carbocycles. The first kappa shape index (κ1) is 22.2. The van der Waals surface area contributed by atoms with E-state index in [0.29, 0.717) is 38.1 Å². The number of ether oxygens (including phenoxy) is 2. The van der Waals surface area contributed by atoms with Gasteiger partial charge in [0.1, 0.15) is 5.82 Å². The first-order valence-electron chi connectivity index (χ1n) is 12.0. The van der Waals surface area contributed by atoms with Crippen LogP contribution in [0.4, 0.5) is 4.39 Å². The van der Waals surface area contributed by atoms with E-state index in [-0.39, 0.29) is 17.7 Å². The summed E-state index contributed by atoms with van der Waals surface area (Å²) in [4.78, 5) is 17.2. The standard InChI is InChI=1S/C26H27FN4O4/c1-34-26(25(32)33)9-6-16(13-26)21-22-20(12-17-14-28-30-24(17)29-22)31(19-4-2-18(27)3-5-19)23(21)15-7-10-35-11-8-15/h2-5,12,14-16H,6-11,13H2,1H3,(H,32,33)(H,28,29,30)/t16-,26+/m1/s1. The van der Waals surface area contributed by atoms with Crippen molar-refractivity contribution >= 4 is 28.0 Å². The van der Waals surface area contributed by atoms with E-state index in [1.165, 1.54) is 19.2 Å². The highest BCUT2D eigenvalue weighted by molar-refractivity contribution is 5.94. The number of fused-ring (bicyclic) bond motifs is 2. The molecule has 1 saturated carbocycles. The summed E-state index contributed by atoms with van der Waals surface area (Å²) in [6.45, 7) is 1.32. The van der Waals surface area contributed by atoms with Gasteiger partial charge in [0, 0.05) is 48.6 Å². The third-order valence-electron chi connectivity index (χ3n) is 7.77. The number of benzene rings is 1. The average Bonchev–Trinajstić information content (AvgIpc) is 3.59. The first-order valence-corrected chi connectivity index (χ1v) is 12.0. The molecule has 2 aliphatic rings. The van der Waals surface area contributed by atoms with Crippen LogP contribution in [0.25, 0.3) is 27.8 Å². The highest BCUT2D eigenvalue weighted by atomic mass is 19.1. The van der Waals surface area contributed by atoms with Gasteiger partial charge in [0.05, 0.1) is 17.2 Å². The number of carboxylic acids is 1. The Bertz CT molecular complexity index is 1410. The molecule has 0 bridgehead atoms. The normalized spacial score (nSPS) is 23.4. The third kappa shape index (κ3) is 3.52. The number of nitrogens with zero attached hydrogens (tertiary/aromatic N) is 3. The van der Waals surface area contributed by atoms with Gasteiger partial charge in [-0.2, -0.15) is 5.10 Å². The molecule has 8 nitrogen and oxygen atoms in total. The fourth-order valence-electron chi connectivity index (χ4n) is 5.98. The van der Waals surface area contributed by atoms with Gasteiger partial charge in [0.15, 0.2) is 11.2 Å². The highest BCUT2D eigenvalue weighted by Gasteiger charge is 2.48. The van der Waals surface area contributed by atoms with E-state index in [1.54, 1.807) is 18.3 Å². The van der Waals surface area contributed by atoms with Crippen LogP contribution in [0.1, 0.15) is 55.2 Å². The van der Waals surface area contributed by atoms with Crippen LogP contribution in [0.5, 0.6) is 0 Å². The Kier molecular flexibility index (Phi) is 5.34. The smallest absolute Gasteiger partial charge is 0.335 e. The second-order valence-electron chi connectivity index (χ2n) is 9.60. The molecule has 4 heterocycles. The summed E-state index contributed by atoms with van der Waals surface area (Å²) in [6, 6.07) is 8.56. The largest absolute Gasteiger partial charge is 0.479 e. The molecule has 4 aromatic rings. The number of hydrogen-bond acceptors (Lipinski definition) is 5. The minimum atomic E-state index is -1.21. The van der Waals surface area contributed by atoms with Crippen LogP contribution >= 0.6 is 0 Å². The predicted octanol–water partition coefficient (Wildman–Crippen LogP) is 4.67. The molecule has 9 heteroatoms. The Labute approximate surface area is 201 Å². The zero-order valence-electron chi connectivity index (χ0n) is 19.5. The maximum absolute atomic E-state index is 13.9. The predicted molar refractivity (Wildman–Crippen MR) is 127 cm³/mol. The van der Waals surface area contributed by atoms with Gasteiger partial charge in [-0.3, -0.25) is 5.10 Å². The molecule has 3 aromatic heterocycles. The minimum Gasteiger partial charge on any atom is -0.479 e. The topological polar surface area (TPSA) is 102 Å². The molecule has 1 aromatic carbocycles. The van der Waals surface area contributed by atoms with Gasteiger partial charge in [0.25, 0.3) is 0 Å². The van der Waals surface area contributed by atoms with Gasteiger partial charge in [-0.1, -0.05) is 0 Å². The molecule has 0 radical (unpaired) electrons. The number of carbonyl (C=O) groups is 1. The van der Waals surface area contributed by atoms with Crippen LogP contribution < -0.4 is 0 Å². The van der Waals surface area contributed by atoms with E-state index >= 15 is 0 Å². The molecule has 35 heavy (non-hydrogen) atoms. The first-order chi connectivity index (χ1) is 17.0. The lowest BCUT2D eigenvalue weighted by molar-refractivity contribution is -0.161. The highest BCUT2D eigenvalue weighted by Crippen LogP contribution is 2.49. The Morgan fingerprint density at radius 1 is 1.23 bits per heavy atom. The molecule has 0 amide bonds. The number of hydrogen-bond donors (Lipinski definition) is 2. The molecule has 1 saturated heterocycles. The number of rotatable bonds is 5. The number of aromatic amines is 1. The zero-order valence-corrected chi connectivity index (χ0v) is 19.5. The number of H-pyrrole nitrogens is 1. The monoisotopic (exact) mass is 478 g/mol. The van der Waals surface area contributed by atoms with Crippen molar-refractivity contribution in [2.45, 2.75) is 49.5 Å². The fourth-order valence-corrected chi connectivity index (χ4v) is 5.98. The van der Waals surface area contributed by atoms with E-state index in [4.69, 9.17) is 14.5 Å². The lowest BCUT2D eigenvalue weighted by atomic mass is 9.86. The molecule has 0 spiro atoms. The van der Waals surface area contributed by atoms with Gasteiger partial charge in [-0.25, -0.2) is 14.2 Å². The Morgan fingerprint density at radius 2 is 2.00 bits per heavy atom. The third-order valence-corrected chi connectivity index (χ3v) is 7.77. The average molecular weight is 479 g/mol. The van der Waals surface area contributed by atoms with Crippen molar-refractivity contribution in [2.75, 3.05) is 20.3 Å². The van der Waals surface area contributed by atoms with Crippen LogP contribution in [-0.2, 0) is 14.3 Å². The van der Waals surface area contributed by atoms with Crippen LogP contribution in [0.2, 0.25) is 0 Å². The SMILES string of the molecule is CO[C@@]1(C(=O)O)CC[C@@H](c2c(C3CCOCC3)n(-c3ccc(F)cc3)c3cc4cn[nH]c4nc23)C1. The number of carboxylic acid groups (broad SMARTS) is 1. The summed E-state index contributed by atoms with van der Waals surface area (Å²) in [5.74, 6) is -1.06. The van der Waals surface area contributed by atoms with Crippen LogP contribution in [0.3, 0.4) is 0 Å². The van der Waals surface area contributed by atoms with Crippen molar-refractivity contribution in [3.05, 3.63) is 53.6 Å². The van der Waals surface area contributed by atoms with Crippen molar-refractivity contribution in [2.24, 2.45) is 0 Å². The van der Waals surface area contributed by atoms with Gasteiger partial charge < -0.3 is 19.1 Å². The quantitative estimate of drug-likeness (QED) is 0.432. The van der Waals surface area contributed by atoms with Gasteiger partial charge in [-0.15, -0.1) is 0 Å². The van der Waals surface area contributed by atoms with Gasteiger partial charge in [-0.05, 0) is 68.4 Å². The number of nitrogens with one attached hydrogen (secondary N) is 1. The molecule has 1 aliphatic heterocycles. The molecular formula is C26H27FN4O4. The van der Waals surface area contributed by atoms with Crippen molar-refractivity contribution in [3.63, 3.8) is 0 Å². The maximum Gasteiger partial charge on any atom is 0.335 e. The lowest BCUT2D eigenvalue weighted by Crippen LogP contribution is -2.37. The fraction of sp³-hybridized carbons (Fsp3) is 0.423. The molecular weight excluding hydrogens is 451 g/mol. The number of methoxy groups -OCH3 is 1. The van der Waals surface area contributed by atoms with E-state index in [2.05, 4.69) is 20.8 Å². The van der Waals surface area contributed by atoms with Gasteiger partial charge in [0.2, 0.25) is 0 Å². The molecule has 2 N–H and O–H groups in total. The molecule has 182 valence electrons. The molecule has 0 unspecified atom stereocenters. The Morgan fingerprint density at radius 3 is 2.69 bits per heavy atom. The van der Waals surface area contributed by atoms with Crippen molar-refractivity contribution in [3.8, 4) is 5.69 Å². The van der Waals surface area contributed by atoms with Crippen LogP contribution in [0.15, 0.2) is 36.5 Å². The number of aliphatic carboxylic acids is 1. The van der Waals surface area contributed by atoms with E-state index in [1.807, 2.05) is 0 Å². The molecule has 2 fully saturated rings. The summed E-state index contributed by atoms with van der Waals surface area (Å²) >= 11 is 0. The Balaban J connectivity index is 1.64. The van der Waals surface area contributed by atoms with Gasteiger partial charge >= 0.3 is 5.97 Å². The lowest BCUT2D eigenvalue weighted by Gasteiger charge is -2.27. The summed E-state index contributed by atoms with van der Waals surface area (Å²) < 4.78 is 27.3. The van der Waals surface area contributed by atoms with Crippen molar-refractivity contribution < 1.29 is 23.8 Å². The second-order valence-corrected chi connectivity index (χ2v) is 9.60. The second kappa shape index (κ2) is 8.42. The van der Waals surface area contributed by atoms with E-state index < -0.39 is 11.6 Å². The summed E-state index contributed by atoms with van der Waals surface area (Å²) in [5.41, 5.74) is 4.24. The summed E-state index contributed by atoms with van der Waals surface area (Å²) in [6.07, 6.45) is 4.94. The van der Waals surface area contributed by atoms with E-state index in [0.717, 1.165) is 46.2 Å². The van der Waals surface area contributed by atoms with Crippen LogP contribution in [-0.4, -0.2) is 56.7 Å². The summed E-state index contributed by atoms with van der Waals surface area (Å²) in [5, 5.41) is 18.0. The minimum absolute atomic E-state index is 0.0408. The maximum atomic E-state index is 13.9. The zero-order chi connectivity index (χ0) is 24.2. The van der Waals surface area contributed by atoms with E-state index in [9.17, 15) is 14.3 Å². The molecule has 2 atom stereocenters. The van der Waals surface area contributed by atoms with Crippen molar-refractivity contribution in [1.29, 1.82) is 0 Å². The molecule has 6 rings (SSSR count). The number of halogens is 1. The Hall–Kier alpha value is -3.30. The number of aromatic nitrogens is 4.